The van der Waals surface area contributed by atoms with Gasteiger partial charge < -0.3 is 10.6 Å². The first-order valence-corrected chi connectivity index (χ1v) is 3.97. The van der Waals surface area contributed by atoms with E-state index in [2.05, 4.69) is 5.10 Å². The zero-order chi connectivity index (χ0) is 11.5. The van der Waals surface area contributed by atoms with Gasteiger partial charge in [0.15, 0.2) is 0 Å². The van der Waals surface area contributed by atoms with E-state index < -0.39 is 11.7 Å². The van der Waals surface area contributed by atoms with Gasteiger partial charge >= 0.3 is 6.18 Å². The summed E-state index contributed by atoms with van der Waals surface area (Å²) in [5, 5.41) is 3.07. The molecule has 15 heavy (non-hydrogen) atoms. The van der Waals surface area contributed by atoms with Gasteiger partial charge in [-0.05, 0) is 18.2 Å². The number of nitrogens with two attached hydrogens (primary N) is 1. The molecule has 0 aliphatic rings. The van der Waals surface area contributed by atoms with Crippen molar-refractivity contribution in [3.05, 3.63) is 29.3 Å². The maximum atomic E-state index is 12.5. The van der Waals surface area contributed by atoms with Gasteiger partial charge in [0, 0.05) is 5.56 Å². The van der Waals surface area contributed by atoms with E-state index in [0.29, 0.717) is 0 Å². The number of benzene rings is 1. The van der Waals surface area contributed by atoms with E-state index in [-0.39, 0.29) is 11.3 Å². The van der Waals surface area contributed by atoms with E-state index >= 15 is 0 Å². The number of hydrogen-bond acceptors (Lipinski definition) is 3. The van der Waals surface area contributed by atoms with E-state index in [1.807, 2.05) is 0 Å². The monoisotopic (exact) mass is 218 g/mol. The molecule has 0 saturated carbocycles. The van der Waals surface area contributed by atoms with Crippen LogP contribution in [0, 0.1) is 0 Å². The third kappa shape index (κ3) is 2.61. The molecule has 6 heteroatoms. The summed E-state index contributed by atoms with van der Waals surface area (Å²) >= 11 is 0. The molecule has 3 nitrogen and oxygen atoms in total. The highest BCUT2D eigenvalue weighted by atomic mass is 19.4. The van der Waals surface area contributed by atoms with Gasteiger partial charge in [0.25, 0.3) is 0 Å². The minimum absolute atomic E-state index is 0.0919. The fraction of sp³-hybridized carbons (Fsp3) is 0.222. The Balaban J connectivity index is 3.29. The maximum absolute atomic E-state index is 12.5. The molecule has 0 spiro atoms. The largest absolute Gasteiger partial charge is 0.497 e. The topological polar surface area (TPSA) is 47.6 Å². The molecule has 0 saturated heterocycles. The summed E-state index contributed by atoms with van der Waals surface area (Å²) in [6.07, 6.45) is -3.51. The standard InChI is InChI=1S/C9H9F3N2O/c1-15-7-3-2-6(5-14-13)8(4-7)9(10,11)12/h2-5H,13H2,1H3. The van der Waals surface area contributed by atoms with Crippen LogP contribution in [0.5, 0.6) is 5.75 Å². The Kier molecular flexibility index (Phi) is 3.18. The van der Waals surface area contributed by atoms with Gasteiger partial charge in [-0.25, -0.2) is 0 Å². The Labute approximate surface area is 84.3 Å². The quantitative estimate of drug-likeness (QED) is 0.469. The average Bonchev–Trinajstić information content (AvgIpc) is 2.17. The SMILES string of the molecule is COc1ccc(C=NN)c(C(F)(F)F)c1. The highest BCUT2D eigenvalue weighted by molar-refractivity contribution is 5.82. The predicted molar refractivity (Wildman–Crippen MR) is 49.8 cm³/mol. The molecular formula is C9H9F3N2O. The van der Waals surface area contributed by atoms with E-state index in [0.717, 1.165) is 12.3 Å². The zero-order valence-electron chi connectivity index (χ0n) is 7.88. The molecule has 1 aromatic rings. The van der Waals surface area contributed by atoms with E-state index in [1.54, 1.807) is 0 Å². The van der Waals surface area contributed by atoms with Crippen LogP contribution >= 0.6 is 0 Å². The van der Waals surface area contributed by atoms with Crippen molar-refractivity contribution in [3.63, 3.8) is 0 Å². The van der Waals surface area contributed by atoms with Crippen LogP contribution in [-0.4, -0.2) is 13.3 Å². The molecule has 0 fully saturated rings. The Bertz CT molecular complexity index is 374. The zero-order valence-corrected chi connectivity index (χ0v) is 7.88. The Morgan fingerprint density at radius 1 is 1.40 bits per heavy atom. The first kappa shape index (κ1) is 11.4. The predicted octanol–water partition coefficient (Wildman–Crippen LogP) is 2.01. The lowest BCUT2D eigenvalue weighted by molar-refractivity contribution is -0.137. The second kappa shape index (κ2) is 4.20. The minimum Gasteiger partial charge on any atom is -0.497 e. The molecule has 0 bridgehead atoms. The normalized spacial score (nSPS) is 12.0. The molecule has 2 N–H and O–H groups in total. The van der Waals surface area contributed by atoms with Gasteiger partial charge in [0.05, 0.1) is 18.9 Å². The van der Waals surface area contributed by atoms with Gasteiger partial charge in [-0.3, -0.25) is 0 Å². The Hall–Kier alpha value is -1.72. The molecule has 0 aromatic heterocycles. The van der Waals surface area contributed by atoms with Gasteiger partial charge in [-0.15, -0.1) is 0 Å². The summed E-state index contributed by atoms with van der Waals surface area (Å²) in [6.45, 7) is 0. The Morgan fingerprint density at radius 3 is 2.53 bits per heavy atom. The lowest BCUT2D eigenvalue weighted by Gasteiger charge is -2.11. The van der Waals surface area contributed by atoms with Crippen LogP contribution in [-0.2, 0) is 6.18 Å². The number of methoxy groups -OCH3 is 1. The third-order valence-electron chi connectivity index (χ3n) is 1.78. The van der Waals surface area contributed by atoms with Crippen molar-refractivity contribution in [2.75, 3.05) is 7.11 Å². The summed E-state index contributed by atoms with van der Waals surface area (Å²) in [4.78, 5) is 0. The van der Waals surface area contributed by atoms with Gasteiger partial charge in [0.1, 0.15) is 5.75 Å². The van der Waals surface area contributed by atoms with Crippen LogP contribution in [0.25, 0.3) is 0 Å². The van der Waals surface area contributed by atoms with E-state index in [4.69, 9.17) is 10.6 Å². The number of hydrazone groups is 1. The van der Waals surface area contributed by atoms with Crippen molar-refractivity contribution in [1.29, 1.82) is 0 Å². The number of alkyl halides is 3. The number of hydrogen-bond donors (Lipinski definition) is 1. The molecule has 0 heterocycles. The molecule has 0 aliphatic heterocycles. The van der Waals surface area contributed by atoms with Crippen molar-refractivity contribution in [3.8, 4) is 5.75 Å². The molecule has 0 amide bonds. The van der Waals surface area contributed by atoms with Crippen molar-refractivity contribution >= 4 is 6.21 Å². The minimum atomic E-state index is -4.45. The molecule has 0 unspecified atom stereocenters. The fourth-order valence-electron chi connectivity index (χ4n) is 1.10. The highest BCUT2D eigenvalue weighted by Gasteiger charge is 2.33. The molecule has 0 aliphatic carbocycles. The summed E-state index contributed by atoms with van der Waals surface area (Å²) < 4.78 is 42.3. The highest BCUT2D eigenvalue weighted by Crippen LogP contribution is 2.33. The van der Waals surface area contributed by atoms with Crippen LogP contribution < -0.4 is 10.6 Å². The first-order chi connectivity index (χ1) is 6.99. The van der Waals surface area contributed by atoms with Crippen molar-refractivity contribution in [1.82, 2.24) is 0 Å². The molecule has 1 aromatic carbocycles. The molecule has 0 atom stereocenters. The van der Waals surface area contributed by atoms with Gasteiger partial charge in [-0.2, -0.15) is 18.3 Å². The van der Waals surface area contributed by atoms with E-state index in [1.165, 1.54) is 19.2 Å². The lowest BCUT2D eigenvalue weighted by atomic mass is 10.1. The third-order valence-corrected chi connectivity index (χ3v) is 1.78. The fourth-order valence-corrected chi connectivity index (χ4v) is 1.10. The van der Waals surface area contributed by atoms with Crippen molar-refractivity contribution < 1.29 is 17.9 Å². The number of ether oxygens (including phenoxy) is 1. The number of halogens is 3. The van der Waals surface area contributed by atoms with Gasteiger partial charge in [0.2, 0.25) is 0 Å². The average molecular weight is 218 g/mol. The van der Waals surface area contributed by atoms with Crippen LogP contribution in [0.15, 0.2) is 23.3 Å². The van der Waals surface area contributed by atoms with Crippen molar-refractivity contribution in [2.45, 2.75) is 6.18 Å². The summed E-state index contributed by atoms with van der Waals surface area (Å²) in [5.41, 5.74) is -0.915. The number of nitrogens with zero attached hydrogens (tertiary/aromatic N) is 1. The maximum Gasteiger partial charge on any atom is 0.417 e. The molecule has 1 rings (SSSR count). The first-order valence-electron chi connectivity index (χ1n) is 3.97. The summed E-state index contributed by atoms with van der Waals surface area (Å²) in [6, 6.07) is 3.56. The molecule has 0 radical (unpaired) electrons. The van der Waals surface area contributed by atoms with Crippen LogP contribution in [0.4, 0.5) is 13.2 Å². The molecular weight excluding hydrogens is 209 g/mol. The second-order valence-electron chi connectivity index (χ2n) is 2.73. The number of rotatable bonds is 2. The second-order valence-corrected chi connectivity index (χ2v) is 2.73. The smallest absolute Gasteiger partial charge is 0.417 e. The summed E-state index contributed by atoms with van der Waals surface area (Å²) in [5.74, 6) is 4.95. The van der Waals surface area contributed by atoms with E-state index in [9.17, 15) is 13.2 Å². The van der Waals surface area contributed by atoms with Gasteiger partial charge in [-0.1, -0.05) is 0 Å². The molecule has 82 valence electrons. The van der Waals surface area contributed by atoms with Crippen molar-refractivity contribution in [2.24, 2.45) is 10.9 Å². The Morgan fingerprint density at radius 2 is 2.07 bits per heavy atom. The van der Waals surface area contributed by atoms with Crippen LogP contribution in [0.3, 0.4) is 0 Å². The van der Waals surface area contributed by atoms with Crippen LogP contribution in [0.2, 0.25) is 0 Å². The lowest BCUT2D eigenvalue weighted by Crippen LogP contribution is -2.09. The van der Waals surface area contributed by atoms with Crippen LogP contribution in [0.1, 0.15) is 11.1 Å². The summed E-state index contributed by atoms with van der Waals surface area (Å²) in [7, 11) is 1.30.